The van der Waals surface area contributed by atoms with E-state index in [9.17, 15) is 4.79 Å². The number of carbonyl (C=O) groups is 1. The van der Waals surface area contributed by atoms with Crippen LogP contribution in [-0.4, -0.2) is 50.1 Å². The Morgan fingerprint density at radius 2 is 1.61 bits per heavy atom. The summed E-state index contributed by atoms with van der Waals surface area (Å²) in [5.41, 5.74) is 2.66. The van der Waals surface area contributed by atoms with Crippen molar-refractivity contribution in [2.24, 2.45) is 10.9 Å². The maximum absolute atomic E-state index is 12.0. The molecule has 0 amide bonds. The largest absolute Gasteiger partial charge is 0.466 e. The van der Waals surface area contributed by atoms with Crippen LogP contribution in [0.3, 0.4) is 0 Å². The van der Waals surface area contributed by atoms with Crippen LogP contribution in [0.25, 0.3) is 0 Å². The van der Waals surface area contributed by atoms with Crippen molar-refractivity contribution >= 4 is 35.9 Å². The molecule has 0 aliphatic carbocycles. The molecule has 2 aromatic rings. The molecule has 2 aromatic carbocycles. The van der Waals surface area contributed by atoms with Crippen molar-refractivity contribution in [3.8, 4) is 0 Å². The second kappa shape index (κ2) is 13.3. The van der Waals surface area contributed by atoms with Crippen LogP contribution in [-0.2, 0) is 9.53 Å². The van der Waals surface area contributed by atoms with E-state index < -0.39 is 0 Å². The lowest BCUT2D eigenvalue weighted by Gasteiger charge is -2.33. The predicted molar refractivity (Wildman–Crippen MR) is 137 cm³/mol. The predicted octanol–water partition coefficient (Wildman–Crippen LogP) is 4.68. The van der Waals surface area contributed by atoms with Crippen LogP contribution in [0.4, 0.5) is 0 Å². The Bertz CT molecular complexity index is 767. The highest BCUT2D eigenvalue weighted by Crippen LogP contribution is 2.27. The van der Waals surface area contributed by atoms with Crippen molar-refractivity contribution < 1.29 is 9.53 Å². The van der Waals surface area contributed by atoms with E-state index >= 15 is 0 Å². The van der Waals surface area contributed by atoms with Crippen LogP contribution in [0.2, 0.25) is 0 Å². The van der Waals surface area contributed by atoms with Gasteiger partial charge in [-0.05, 0) is 37.3 Å². The van der Waals surface area contributed by atoms with Gasteiger partial charge in [-0.3, -0.25) is 9.79 Å². The Kier molecular flexibility index (Phi) is 10.8. The van der Waals surface area contributed by atoms with Gasteiger partial charge in [0.15, 0.2) is 5.96 Å². The molecule has 5 nitrogen and oxygen atoms in total. The zero-order chi connectivity index (χ0) is 21.2. The minimum Gasteiger partial charge on any atom is -0.466 e. The van der Waals surface area contributed by atoms with Gasteiger partial charge < -0.3 is 15.0 Å². The van der Waals surface area contributed by atoms with E-state index in [0.717, 1.165) is 44.9 Å². The van der Waals surface area contributed by atoms with Crippen molar-refractivity contribution in [2.45, 2.75) is 32.1 Å². The van der Waals surface area contributed by atoms with E-state index in [0.29, 0.717) is 12.5 Å². The number of nitrogens with one attached hydrogen (secondary N) is 1. The van der Waals surface area contributed by atoms with Gasteiger partial charge in [-0.25, -0.2) is 0 Å². The number of rotatable bonds is 7. The van der Waals surface area contributed by atoms with Gasteiger partial charge in [-0.2, -0.15) is 0 Å². The minimum atomic E-state index is -0.0614. The number of piperidine rings is 1. The molecule has 0 aromatic heterocycles. The summed E-state index contributed by atoms with van der Waals surface area (Å²) in [4.78, 5) is 18.7. The third-order valence-corrected chi connectivity index (χ3v) is 5.75. The number of likely N-dealkylation sites (tertiary alicyclic amines) is 1. The van der Waals surface area contributed by atoms with Crippen LogP contribution in [0.5, 0.6) is 0 Å². The SMILES string of the molecule is CCOC(=O)C1CCN(C(=NC)NCCC(c2ccccc2)c2ccccc2)CC1.I. The van der Waals surface area contributed by atoms with Crippen LogP contribution in [0.15, 0.2) is 65.7 Å². The molecule has 31 heavy (non-hydrogen) atoms. The second-order valence-electron chi connectivity index (χ2n) is 7.65. The first kappa shape index (κ1) is 25.2. The highest BCUT2D eigenvalue weighted by Gasteiger charge is 2.27. The molecule has 1 fully saturated rings. The molecule has 1 aliphatic rings. The number of esters is 1. The number of halogens is 1. The topological polar surface area (TPSA) is 53.9 Å². The molecular formula is C25H34IN3O2. The number of aliphatic imine (C=N–C) groups is 1. The molecule has 0 radical (unpaired) electrons. The Balaban J connectivity index is 0.00000341. The summed E-state index contributed by atoms with van der Waals surface area (Å²) in [6, 6.07) is 21.3. The van der Waals surface area contributed by atoms with E-state index in [2.05, 4.69) is 75.9 Å². The standard InChI is InChI=1S/C25H33N3O2.HI/c1-3-30-24(29)22-15-18-28(19-16-22)25(26-2)27-17-14-23(20-10-6-4-7-11-20)21-12-8-5-9-13-21;/h4-13,22-23H,3,14-19H2,1-2H3,(H,26,27);1H. The molecule has 0 spiro atoms. The summed E-state index contributed by atoms with van der Waals surface area (Å²) in [6.45, 7) is 4.79. The third-order valence-electron chi connectivity index (χ3n) is 5.75. The summed E-state index contributed by atoms with van der Waals surface area (Å²) < 4.78 is 5.18. The van der Waals surface area contributed by atoms with E-state index in [1.807, 2.05) is 14.0 Å². The molecule has 3 rings (SSSR count). The second-order valence-corrected chi connectivity index (χ2v) is 7.65. The molecule has 168 valence electrons. The maximum atomic E-state index is 12.0. The fraction of sp³-hybridized carbons (Fsp3) is 0.440. The van der Waals surface area contributed by atoms with Gasteiger partial charge in [0.25, 0.3) is 0 Å². The van der Waals surface area contributed by atoms with Crippen LogP contribution in [0.1, 0.15) is 43.2 Å². The number of hydrogen-bond donors (Lipinski definition) is 1. The van der Waals surface area contributed by atoms with Gasteiger partial charge in [-0.1, -0.05) is 60.7 Å². The lowest BCUT2D eigenvalue weighted by Crippen LogP contribution is -2.47. The zero-order valence-corrected chi connectivity index (χ0v) is 20.8. The monoisotopic (exact) mass is 535 g/mol. The summed E-state index contributed by atoms with van der Waals surface area (Å²) in [5, 5.41) is 3.54. The van der Waals surface area contributed by atoms with Gasteiger partial charge in [-0.15, -0.1) is 24.0 Å². The Morgan fingerprint density at radius 1 is 1.06 bits per heavy atom. The van der Waals surface area contributed by atoms with Crippen molar-refractivity contribution in [2.75, 3.05) is 33.3 Å². The van der Waals surface area contributed by atoms with Crippen LogP contribution in [0, 0.1) is 5.92 Å². The highest BCUT2D eigenvalue weighted by atomic mass is 127. The normalized spacial score (nSPS) is 14.8. The zero-order valence-electron chi connectivity index (χ0n) is 18.5. The lowest BCUT2D eigenvalue weighted by molar-refractivity contribution is -0.149. The molecule has 1 N–H and O–H groups in total. The number of nitrogens with zero attached hydrogens (tertiary/aromatic N) is 2. The Morgan fingerprint density at radius 3 is 2.10 bits per heavy atom. The average Bonchev–Trinajstić information content (AvgIpc) is 2.81. The summed E-state index contributed by atoms with van der Waals surface area (Å²) in [5.74, 6) is 1.21. The molecule has 6 heteroatoms. The van der Waals surface area contributed by atoms with Crippen molar-refractivity contribution in [3.05, 3.63) is 71.8 Å². The van der Waals surface area contributed by atoms with E-state index in [4.69, 9.17) is 4.74 Å². The molecule has 0 bridgehead atoms. The first-order valence-corrected chi connectivity index (χ1v) is 10.9. The molecule has 1 heterocycles. The van der Waals surface area contributed by atoms with Crippen molar-refractivity contribution in [1.29, 1.82) is 0 Å². The van der Waals surface area contributed by atoms with E-state index in [-0.39, 0.29) is 35.9 Å². The van der Waals surface area contributed by atoms with Gasteiger partial charge in [0.05, 0.1) is 12.5 Å². The molecule has 1 saturated heterocycles. The molecule has 1 aliphatic heterocycles. The van der Waals surface area contributed by atoms with Crippen molar-refractivity contribution in [3.63, 3.8) is 0 Å². The van der Waals surface area contributed by atoms with Crippen LogP contribution >= 0.6 is 24.0 Å². The fourth-order valence-corrected chi connectivity index (χ4v) is 4.14. The number of ether oxygens (including phenoxy) is 1. The van der Waals surface area contributed by atoms with E-state index in [1.54, 1.807) is 0 Å². The number of benzene rings is 2. The average molecular weight is 535 g/mol. The number of carbonyl (C=O) groups excluding carboxylic acids is 1. The van der Waals surface area contributed by atoms with Crippen LogP contribution < -0.4 is 5.32 Å². The smallest absolute Gasteiger partial charge is 0.309 e. The summed E-state index contributed by atoms with van der Waals surface area (Å²) in [6.07, 6.45) is 2.61. The summed E-state index contributed by atoms with van der Waals surface area (Å²) >= 11 is 0. The molecule has 0 atom stereocenters. The summed E-state index contributed by atoms with van der Waals surface area (Å²) in [7, 11) is 1.83. The number of guanidine groups is 1. The van der Waals surface area contributed by atoms with Gasteiger partial charge in [0.1, 0.15) is 0 Å². The number of hydrogen-bond acceptors (Lipinski definition) is 3. The molecule has 0 unspecified atom stereocenters. The minimum absolute atomic E-state index is 0. The first-order chi connectivity index (χ1) is 14.7. The van der Waals surface area contributed by atoms with Gasteiger partial charge in [0, 0.05) is 32.6 Å². The van der Waals surface area contributed by atoms with Gasteiger partial charge in [0.2, 0.25) is 0 Å². The molecule has 0 saturated carbocycles. The molecular weight excluding hydrogens is 501 g/mol. The lowest BCUT2D eigenvalue weighted by atomic mass is 9.88. The fourth-order valence-electron chi connectivity index (χ4n) is 4.14. The maximum Gasteiger partial charge on any atom is 0.309 e. The van der Waals surface area contributed by atoms with Gasteiger partial charge >= 0.3 is 5.97 Å². The third kappa shape index (κ3) is 7.23. The first-order valence-electron chi connectivity index (χ1n) is 10.9. The van der Waals surface area contributed by atoms with Crippen molar-refractivity contribution in [1.82, 2.24) is 10.2 Å². The Labute approximate surface area is 203 Å². The Hall–Kier alpha value is -2.09. The highest BCUT2D eigenvalue weighted by molar-refractivity contribution is 14.0. The quantitative estimate of drug-likeness (QED) is 0.242. The van der Waals surface area contributed by atoms with E-state index in [1.165, 1.54) is 11.1 Å².